The zero-order valence-corrected chi connectivity index (χ0v) is 13.8. The number of carbonyl (C=O) groups is 1. The third-order valence-corrected chi connectivity index (χ3v) is 6.58. The van der Waals surface area contributed by atoms with E-state index in [2.05, 4.69) is 16.8 Å². The third-order valence-electron chi connectivity index (χ3n) is 6.58. The van der Waals surface area contributed by atoms with Gasteiger partial charge in [0.1, 0.15) is 0 Å². The van der Waals surface area contributed by atoms with Gasteiger partial charge in [-0.15, -0.1) is 0 Å². The van der Waals surface area contributed by atoms with Gasteiger partial charge >= 0.3 is 5.97 Å². The van der Waals surface area contributed by atoms with E-state index in [1.54, 1.807) is 0 Å². The van der Waals surface area contributed by atoms with Gasteiger partial charge in [-0.25, -0.2) is 0 Å². The fourth-order valence-electron chi connectivity index (χ4n) is 5.14. The highest BCUT2D eigenvalue weighted by Gasteiger charge is 2.48. The Morgan fingerprint density at radius 1 is 0.909 bits per heavy atom. The predicted molar refractivity (Wildman–Crippen MR) is 84.7 cm³/mol. The lowest BCUT2D eigenvalue weighted by Crippen LogP contribution is -2.51. The molecule has 6 atom stereocenters. The second kappa shape index (κ2) is 6.46. The molecule has 4 heterocycles. The fraction of sp³-hybridized carbons (Fsp3) is 0.941. The van der Waals surface area contributed by atoms with E-state index < -0.39 is 18.0 Å². The Morgan fingerprint density at radius 2 is 1.50 bits per heavy atom. The first-order valence-corrected chi connectivity index (χ1v) is 8.83. The number of carboxylic acids is 1. The summed E-state index contributed by atoms with van der Waals surface area (Å²) in [5.74, 6) is -1.44. The maximum absolute atomic E-state index is 10.9. The molecule has 4 fully saturated rings. The van der Waals surface area contributed by atoms with Gasteiger partial charge in [0, 0.05) is 24.2 Å². The molecule has 0 spiro atoms. The van der Waals surface area contributed by atoms with E-state index in [4.69, 9.17) is 5.11 Å². The Balaban J connectivity index is 0.000000139. The number of hydrogen-bond acceptors (Lipinski definition) is 4. The molecule has 4 aliphatic heterocycles. The van der Waals surface area contributed by atoms with E-state index in [1.165, 1.54) is 32.1 Å². The molecule has 0 aromatic rings. The topological polar surface area (TPSA) is 64.0 Å². The number of carboxylic acid groups (broad SMARTS) is 1. The van der Waals surface area contributed by atoms with Gasteiger partial charge in [-0.1, -0.05) is 6.42 Å². The first-order chi connectivity index (χ1) is 10.5. The van der Waals surface area contributed by atoms with Crippen LogP contribution in [0.15, 0.2) is 0 Å². The van der Waals surface area contributed by atoms with Gasteiger partial charge in [-0.2, -0.15) is 0 Å². The minimum atomic E-state index is -0.857. The fourth-order valence-corrected chi connectivity index (χ4v) is 5.14. The summed E-state index contributed by atoms with van der Waals surface area (Å²) in [6.45, 7) is 0. The molecule has 0 radical (unpaired) electrons. The largest absolute Gasteiger partial charge is 0.481 e. The molecule has 2 N–H and O–H groups in total. The van der Waals surface area contributed by atoms with Crippen molar-refractivity contribution in [3.8, 4) is 0 Å². The van der Waals surface area contributed by atoms with Crippen molar-refractivity contribution in [1.82, 2.24) is 9.80 Å². The molecule has 0 amide bonds. The van der Waals surface area contributed by atoms with Crippen molar-refractivity contribution < 1.29 is 15.0 Å². The molecule has 4 aliphatic rings. The summed E-state index contributed by atoms with van der Waals surface area (Å²) in [5, 5.41) is 18.6. The van der Waals surface area contributed by atoms with E-state index in [9.17, 15) is 9.90 Å². The SMILES string of the molecule is CN1C2CCC1C(C(=O)O)[C@@H](O)C2.CN1[C@@H]2CCC[C@H]1CC2. The molecule has 126 valence electrons. The lowest BCUT2D eigenvalue weighted by molar-refractivity contribution is -0.151. The Morgan fingerprint density at radius 3 is 2.05 bits per heavy atom. The summed E-state index contributed by atoms with van der Waals surface area (Å²) >= 11 is 0. The molecule has 0 aromatic carbocycles. The summed E-state index contributed by atoms with van der Waals surface area (Å²) < 4.78 is 0. The van der Waals surface area contributed by atoms with E-state index in [-0.39, 0.29) is 6.04 Å². The molecular weight excluding hydrogens is 280 g/mol. The Labute approximate surface area is 133 Å². The monoisotopic (exact) mass is 310 g/mol. The van der Waals surface area contributed by atoms with Crippen LogP contribution in [0.25, 0.3) is 0 Å². The number of piperidine rings is 2. The molecule has 0 saturated carbocycles. The van der Waals surface area contributed by atoms with E-state index >= 15 is 0 Å². The Hall–Kier alpha value is -0.650. The van der Waals surface area contributed by atoms with Crippen molar-refractivity contribution in [2.24, 2.45) is 5.92 Å². The van der Waals surface area contributed by atoms with Crippen LogP contribution in [0.2, 0.25) is 0 Å². The van der Waals surface area contributed by atoms with Crippen molar-refractivity contribution in [2.75, 3.05) is 14.1 Å². The number of rotatable bonds is 1. The van der Waals surface area contributed by atoms with Crippen LogP contribution in [-0.4, -0.2) is 70.3 Å². The molecule has 4 bridgehead atoms. The maximum atomic E-state index is 10.9. The lowest BCUT2D eigenvalue weighted by Gasteiger charge is -2.38. The van der Waals surface area contributed by atoms with Crippen LogP contribution in [-0.2, 0) is 4.79 Å². The van der Waals surface area contributed by atoms with Crippen LogP contribution in [0.3, 0.4) is 0 Å². The number of nitrogens with zero attached hydrogens (tertiary/aromatic N) is 2. The summed E-state index contributed by atoms with van der Waals surface area (Å²) in [4.78, 5) is 15.6. The molecular formula is C17H30N2O3. The van der Waals surface area contributed by atoms with Crippen LogP contribution in [0, 0.1) is 5.92 Å². The van der Waals surface area contributed by atoms with Gasteiger partial charge in [0.15, 0.2) is 0 Å². The van der Waals surface area contributed by atoms with Crippen molar-refractivity contribution >= 4 is 5.97 Å². The van der Waals surface area contributed by atoms with E-state index in [0.29, 0.717) is 12.5 Å². The first-order valence-electron chi connectivity index (χ1n) is 8.83. The van der Waals surface area contributed by atoms with Crippen LogP contribution in [0.1, 0.15) is 51.4 Å². The van der Waals surface area contributed by atoms with Crippen molar-refractivity contribution in [1.29, 1.82) is 0 Å². The second-order valence-corrected chi connectivity index (χ2v) is 7.61. The Bertz CT molecular complexity index is 401. The minimum absolute atomic E-state index is 0.0475. The zero-order chi connectivity index (χ0) is 15.9. The van der Waals surface area contributed by atoms with Crippen LogP contribution >= 0.6 is 0 Å². The Kier molecular flexibility index (Phi) is 4.76. The van der Waals surface area contributed by atoms with Crippen LogP contribution in [0.4, 0.5) is 0 Å². The lowest BCUT2D eigenvalue weighted by atomic mass is 9.88. The van der Waals surface area contributed by atoms with Gasteiger partial charge in [0.05, 0.1) is 12.0 Å². The number of aliphatic hydroxyl groups excluding tert-OH is 1. The van der Waals surface area contributed by atoms with Crippen LogP contribution < -0.4 is 0 Å². The molecule has 4 saturated heterocycles. The average Bonchev–Trinajstić information content (AvgIpc) is 2.85. The van der Waals surface area contributed by atoms with Gasteiger partial charge in [0.2, 0.25) is 0 Å². The quantitative estimate of drug-likeness (QED) is 0.769. The molecule has 5 heteroatoms. The van der Waals surface area contributed by atoms with Gasteiger partial charge in [0.25, 0.3) is 0 Å². The molecule has 3 unspecified atom stereocenters. The normalized spacial score (nSPS) is 44.5. The standard InChI is InChI=1S/C9H15NO3.C8H15N/c1-10-5-2-3-6(10)8(9(12)13)7(11)4-5;1-9-7-3-2-4-8(9)6-5-7/h5-8,11H,2-4H2,1H3,(H,12,13);7-8H,2-6H2,1H3/t5?,6?,7-,8?;7-,8+/m0./s1. The van der Waals surface area contributed by atoms with E-state index in [1.807, 2.05) is 7.05 Å². The summed E-state index contributed by atoms with van der Waals surface area (Å²) in [6, 6.07) is 2.37. The van der Waals surface area contributed by atoms with Gasteiger partial charge in [-0.3, -0.25) is 9.69 Å². The van der Waals surface area contributed by atoms with Gasteiger partial charge in [-0.05, 0) is 59.0 Å². The highest BCUT2D eigenvalue weighted by atomic mass is 16.4. The third kappa shape index (κ3) is 2.91. The average molecular weight is 310 g/mol. The van der Waals surface area contributed by atoms with Crippen molar-refractivity contribution in [2.45, 2.75) is 81.6 Å². The predicted octanol–water partition coefficient (Wildman–Crippen LogP) is 1.55. The first kappa shape index (κ1) is 16.2. The smallest absolute Gasteiger partial charge is 0.310 e. The molecule has 22 heavy (non-hydrogen) atoms. The molecule has 0 aliphatic carbocycles. The molecule has 4 rings (SSSR count). The number of fused-ring (bicyclic) bond motifs is 4. The second-order valence-electron chi connectivity index (χ2n) is 7.61. The number of aliphatic hydroxyl groups is 1. The number of hydrogen-bond donors (Lipinski definition) is 2. The number of aliphatic carboxylic acids is 1. The summed E-state index contributed by atoms with van der Waals surface area (Å²) in [7, 11) is 4.26. The van der Waals surface area contributed by atoms with Crippen molar-refractivity contribution in [3.63, 3.8) is 0 Å². The highest BCUT2D eigenvalue weighted by Crippen LogP contribution is 2.38. The van der Waals surface area contributed by atoms with Crippen LogP contribution in [0.5, 0.6) is 0 Å². The maximum Gasteiger partial charge on any atom is 0.310 e. The van der Waals surface area contributed by atoms with Gasteiger partial charge < -0.3 is 15.1 Å². The van der Waals surface area contributed by atoms with Crippen molar-refractivity contribution in [3.05, 3.63) is 0 Å². The summed E-state index contributed by atoms with van der Waals surface area (Å²) in [5.41, 5.74) is 0. The zero-order valence-electron chi connectivity index (χ0n) is 13.8. The molecule has 5 nitrogen and oxygen atoms in total. The molecule has 0 aromatic heterocycles. The van der Waals surface area contributed by atoms with E-state index in [0.717, 1.165) is 24.9 Å². The highest BCUT2D eigenvalue weighted by molar-refractivity contribution is 5.72. The minimum Gasteiger partial charge on any atom is -0.481 e. The summed E-state index contributed by atoms with van der Waals surface area (Å²) in [6.07, 6.45) is 9.27.